The molecule has 2 atom stereocenters. The highest BCUT2D eigenvalue weighted by atomic mass is 16.6. The number of hydrogen-bond acceptors (Lipinski definition) is 7. The van der Waals surface area contributed by atoms with Gasteiger partial charge in [0.2, 0.25) is 0 Å². The van der Waals surface area contributed by atoms with Crippen molar-refractivity contribution in [2.45, 2.75) is 64.6 Å². The number of esters is 3. The van der Waals surface area contributed by atoms with E-state index in [1.165, 1.54) is 6.92 Å². The highest BCUT2D eigenvalue weighted by Crippen LogP contribution is 2.39. The van der Waals surface area contributed by atoms with Crippen LogP contribution in [-0.4, -0.2) is 42.3 Å². The molecule has 0 bridgehead atoms. The molecule has 0 saturated heterocycles. The SMILES string of the molecule is CCOC(=O)C(Cc1cccc([C@]2(O)CCCC[C@H]2OC(C)=O)c1)C(=O)OCC. The van der Waals surface area contributed by atoms with E-state index in [0.29, 0.717) is 24.0 Å². The van der Waals surface area contributed by atoms with Gasteiger partial charge in [-0.05, 0) is 57.1 Å². The summed E-state index contributed by atoms with van der Waals surface area (Å²) in [6.45, 7) is 5.01. The van der Waals surface area contributed by atoms with E-state index in [9.17, 15) is 19.5 Å². The Morgan fingerprint density at radius 3 is 2.38 bits per heavy atom. The van der Waals surface area contributed by atoms with Gasteiger partial charge in [0.05, 0.1) is 13.2 Å². The number of ether oxygens (including phenoxy) is 3. The average Bonchev–Trinajstić information content (AvgIpc) is 2.68. The summed E-state index contributed by atoms with van der Waals surface area (Å²) in [6, 6.07) is 7.07. The van der Waals surface area contributed by atoms with Crippen molar-refractivity contribution in [2.75, 3.05) is 13.2 Å². The molecule has 1 fully saturated rings. The summed E-state index contributed by atoms with van der Waals surface area (Å²) in [5.74, 6) is -2.78. The first-order valence-electron chi connectivity index (χ1n) is 10.1. The third-order valence-corrected chi connectivity index (χ3v) is 5.12. The maximum Gasteiger partial charge on any atom is 0.320 e. The molecule has 29 heavy (non-hydrogen) atoms. The van der Waals surface area contributed by atoms with Crippen molar-refractivity contribution in [3.63, 3.8) is 0 Å². The van der Waals surface area contributed by atoms with Crippen LogP contribution in [0.15, 0.2) is 24.3 Å². The lowest BCUT2D eigenvalue weighted by atomic mass is 9.76. The highest BCUT2D eigenvalue weighted by Gasteiger charge is 2.43. The van der Waals surface area contributed by atoms with E-state index < -0.39 is 35.5 Å². The first-order valence-corrected chi connectivity index (χ1v) is 10.1. The fourth-order valence-corrected chi connectivity index (χ4v) is 3.76. The van der Waals surface area contributed by atoms with E-state index in [4.69, 9.17) is 14.2 Å². The molecule has 0 spiro atoms. The normalized spacial score (nSPS) is 21.5. The summed E-state index contributed by atoms with van der Waals surface area (Å²) in [5.41, 5.74) is -0.00915. The van der Waals surface area contributed by atoms with Crippen molar-refractivity contribution in [2.24, 2.45) is 5.92 Å². The standard InChI is InChI=1S/C22H30O7/c1-4-27-20(24)18(21(25)28-5-2)14-16-9-8-10-17(13-16)22(26)12-7-6-11-19(22)29-15(3)23/h8-10,13,18-19,26H,4-7,11-12,14H2,1-3H3/t19-,22-/m1/s1. The number of carbonyl (C=O) groups excluding carboxylic acids is 3. The molecule has 1 aromatic carbocycles. The van der Waals surface area contributed by atoms with Crippen LogP contribution in [-0.2, 0) is 40.6 Å². The van der Waals surface area contributed by atoms with Gasteiger partial charge in [0.15, 0.2) is 5.92 Å². The lowest BCUT2D eigenvalue weighted by Gasteiger charge is -2.39. The van der Waals surface area contributed by atoms with E-state index in [0.717, 1.165) is 12.8 Å². The van der Waals surface area contributed by atoms with Gasteiger partial charge in [-0.3, -0.25) is 14.4 Å². The second-order valence-corrected chi connectivity index (χ2v) is 7.23. The van der Waals surface area contributed by atoms with E-state index >= 15 is 0 Å². The van der Waals surface area contributed by atoms with Gasteiger partial charge in [-0.2, -0.15) is 0 Å². The molecule has 2 rings (SSSR count). The minimum absolute atomic E-state index is 0.0970. The van der Waals surface area contributed by atoms with Crippen molar-refractivity contribution in [3.8, 4) is 0 Å². The number of carbonyl (C=O) groups is 3. The van der Waals surface area contributed by atoms with Crippen LogP contribution >= 0.6 is 0 Å². The molecular formula is C22H30O7. The van der Waals surface area contributed by atoms with Gasteiger partial charge in [0.1, 0.15) is 11.7 Å². The van der Waals surface area contributed by atoms with Crippen LogP contribution in [0.25, 0.3) is 0 Å². The van der Waals surface area contributed by atoms with Gasteiger partial charge in [-0.25, -0.2) is 0 Å². The Kier molecular flexibility index (Phi) is 8.20. The van der Waals surface area contributed by atoms with Crippen molar-refractivity contribution in [1.29, 1.82) is 0 Å². The quantitative estimate of drug-likeness (QED) is 0.402. The number of rotatable bonds is 8. The largest absolute Gasteiger partial charge is 0.465 e. The maximum atomic E-state index is 12.3. The Balaban J connectivity index is 2.29. The molecule has 1 N–H and O–H groups in total. The second-order valence-electron chi connectivity index (χ2n) is 7.23. The Bertz CT molecular complexity index is 712. The van der Waals surface area contributed by atoms with Crippen LogP contribution in [0.2, 0.25) is 0 Å². The third-order valence-electron chi connectivity index (χ3n) is 5.12. The summed E-state index contributed by atoms with van der Waals surface area (Å²) in [6.07, 6.45) is 2.19. The molecule has 1 aliphatic carbocycles. The zero-order valence-electron chi connectivity index (χ0n) is 17.3. The highest BCUT2D eigenvalue weighted by molar-refractivity contribution is 5.95. The van der Waals surface area contributed by atoms with Gasteiger partial charge in [0.25, 0.3) is 0 Å². The molecular weight excluding hydrogens is 376 g/mol. The van der Waals surface area contributed by atoms with Crippen molar-refractivity contribution >= 4 is 17.9 Å². The predicted octanol–water partition coefficient (Wildman–Crippen LogP) is 2.66. The minimum Gasteiger partial charge on any atom is -0.465 e. The molecule has 1 aromatic rings. The summed E-state index contributed by atoms with van der Waals surface area (Å²) in [5, 5.41) is 11.3. The monoisotopic (exact) mass is 406 g/mol. The Morgan fingerprint density at radius 1 is 1.14 bits per heavy atom. The maximum absolute atomic E-state index is 12.3. The second kappa shape index (κ2) is 10.4. The molecule has 7 nitrogen and oxygen atoms in total. The molecule has 1 aliphatic rings. The third kappa shape index (κ3) is 5.79. The van der Waals surface area contributed by atoms with Crippen LogP contribution in [0.1, 0.15) is 57.6 Å². The average molecular weight is 406 g/mol. The van der Waals surface area contributed by atoms with Crippen LogP contribution in [0.5, 0.6) is 0 Å². The van der Waals surface area contributed by atoms with Crippen LogP contribution in [0, 0.1) is 5.92 Å². The first kappa shape index (κ1) is 22.9. The van der Waals surface area contributed by atoms with Gasteiger partial charge in [-0.1, -0.05) is 24.3 Å². The number of hydrogen-bond donors (Lipinski definition) is 1. The lowest BCUT2D eigenvalue weighted by Crippen LogP contribution is -2.44. The van der Waals surface area contributed by atoms with E-state index in [-0.39, 0.29) is 19.6 Å². The smallest absolute Gasteiger partial charge is 0.320 e. The minimum atomic E-state index is -1.30. The molecule has 0 amide bonds. The van der Waals surface area contributed by atoms with E-state index in [2.05, 4.69) is 0 Å². The fraction of sp³-hybridized carbons (Fsp3) is 0.591. The van der Waals surface area contributed by atoms with E-state index in [1.807, 2.05) is 0 Å². The van der Waals surface area contributed by atoms with Gasteiger partial charge in [-0.15, -0.1) is 0 Å². The summed E-state index contributed by atoms with van der Waals surface area (Å²) < 4.78 is 15.4. The van der Waals surface area contributed by atoms with Crippen molar-refractivity contribution in [1.82, 2.24) is 0 Å². The van der Waals surface area contributed by atoms with Gasteiger partial charge < -0.3 is 19.3 Å². The predicted molar refractivity (Wildman–Crippen MR) is 105 cm³/mol. The topological polar surface area (TPSA) is 99.1 Å². The Morgan fingerprint density at radius 2 is 1.79 bits per heavy atom. The fourth-order valence-electron chi connectivity index (χ4n) is 3.76. The number of benzene rings is 1. The van der Waals surface area contributed by atoms with Crippen LogP contribution < -0.4 is 0 Å². The molecule has 0 unspecified atom stereocenters. The van der Waals surface area contributed by atoms with Gasteiger partial charge in [0, 0.05) is 6.92 Å². The van der Waals surface area contributed by atoms with Crippen molar-refractivity contribution in [3.05, 3.63) is 35.4 Å². The molecule has 1 saturated carbocycles. The number of aliphatic hydroxyl groups is 1. The Labute approximate surface area is 171 Å². The zero-order valence-corrected chi connectivity index (χ0v) is 17.3. The molecule has 0 heterocycles. The Hall–Kier alpha value is -2.41. The zero-order chi connectivity index (χ0) is 21.4. The van der Waals surface area contributed by atoms with Crippen LogP contribution in [0.3, 0.4) is 0 Å². The van der Waals surface area contributed by atoms with Gasteiger partial charge >= 0.3 is 17.9 Å². The van der Waals surface area contributed by atoms with Crippen molar-refractivity contribution < 1.29 is 33.7 Å². The molecule has 0 aliphatic heterocycles. The van der Waals surface area contributed by atoms with Crippen LogP contribution in [0.4, 0.5) is 0 Å². The molecule has 0 aromatic heterocycles. The molecule has 0 radical (unpaired) electrons. The summed E-state index contributed by atoms with van der Waals surface area (Å²) in [7, 11) is 0. The molecule has 7 heteroatoms. The molecule has 160 valence electrons. The lowest BCUT2D eigenvalue weighted by molar-refractivity contribution is -0.171. The van der Waals surface area contributed by atoms with E-state index in [1.54, 1.807) is 38.1 Å². The summed E-state index contributed by atoms with van der Waals surface area (Å²) >= 11 is 0. The summed E-state index contributed by atoms with van der Waals surface area (Å²) in [4.78, 5) is 36.0. The first-order chi connectivity index (χ1) is 13.8.